The molecule has 1 aliphatic heterocycles. The van der Waals surface area contributed by atoms with Crippen LogP contribution in [0.15, 0.2) is 65.6 Å². The molecular weight excluding hydrogens is 531 g/mol. The molecule has 0 aromatic heterocycles. The smallest absolute Gasteiger partial charge is 0.270 e. The van der Waals surface area contributed by atoms with Gasteiger partial charge in [-0.3, -0.25) is 9.69 Å². The molecule has 0 N–H and O–H groups in total. The van der Waals surface area contributed by atoms with Gasteiger partial charge in [0.25, 0.3) is 5.91 Å². The molecule has 0 aliphatic carbocycles. The summed E-state index contributed by atoms with van der Waals surface area (Å²) in [6.07, 6.45) is 1.85. The second-order valence-corrected chi connectivity index (χ2v) is 10.8. The molecule has 186 valence electrons. The second kappa shape index (κ2) is 11.7. The highest BCUT2D eigenvalue weighted by Gasteiger charge is 2.33. The van der Waals surface area contributed by atoms with Crippen LogP contribution in [0.5, 0.6) is 5.75 Å². The number of ether oxygens (including phenoxy) is 1. The summed E-state index contributed by atoms with van der Waals surface area (Å²) in [5.74, 6) is 0.515. The zero-order chi connectivity index (χ0) is 25.8. The van der Waals surface area contributed by atoms with Crippen molar-refractivity contribution in [2.45, 2.75) is 27.4 Å². The summed E-state index contributed by atoms with van der Waals surface area (Å²) in [5.41, 5.74) is 4.49. The SMILES string of the molecule is CCN(CC)c1ccc(/C=C2\SC(=S)N(c3cccc(C)c3)C2=O)c(OCc2ccc(Cl)cc2Cl)c1. The quantitative estimate of drug-likeness (QED) is 0.206. The van der Waals surface area contributed by atoms with Gasteiger partial charge in [-0.15, -0.1) is 0 Å². The Labute approximate surface area is 231 Å². The topological polar surface area (TPSA) is 32.8 Å². The van der Waals surface area contributed by atoms with E-state index >= 15 is 0 Å². The van der Waals surface area contributed by atoms with Gasteiger partial charge in [-0.2, -0.15) is 0 Å². The highest BCUT2D eigenvalue weighted by Crippen LogP contribution is 2.38. The maximum Gasteiger partial charge on any atom is 0.270 e. The largest absolute Gasteiger partial charge is 0.488 e. The number of hydrogen-bond donors (Lipinski definition) is 0. The molecular formula is C28H26Cl2N2O2S2. The fourth-order valence-corrected chi connectivity index (χ4v) is 5.70. The Morgan fingerprint density at radius 2 is 1.83 bits per heavy atom. The van der Waals surface area contributed by atoms with Gasteiger partial charge in [0.05, 0.1) is 10.6 Å². The Morgan fingerprint density at radius 1 is 1.06 bits per heavy atom. The number of benzene rings is 3. The van der Waals surface area contributed by atoms with Gasteiger partial charge >= 0.3 is 0 Å². The van der Waals surface area contributed by atoms with Crippen LogP contribution in [0, 0.1) is 6.92 Å². The van der Waals surface area contributed by atoms with E-state index in [1.807, 2.05) is 61.5 Å². The third kappa shape index (κ3) is 5.89. The minimum absolute atomic E-state index is 0.143. The second-order valence-electron chi connectivity index (χ2n) is 8.27. The van der Waals surface area contributed by atoms with Crippen molar-refractivity contribution in [2.75, 3.05) is 22.9 Å². The van der Waals surface area contributed by atoms with Crippen molar-refractivity contribution >= 4 is 74.9 Å². The summed E-state index contributed by atoms with van der Waals surface area (Å²) in [5, 5.41) is 1.12. The first-order valence-electron chi connectivity index (χ1n) is 11.6. The first kappa shape index (κ1) is 26.6. The van der Waals surface area contributed by atoms with Gasteiger partial charge < -0.3 is 9.64 Å². The molecule has 4 rings (SSSR count). The Bertz CT molecular complexity index is 1340. The summed E-state index contributed by atoms with van der Waals surface area (Å²) in [4.78, 5) is 17.7. The van der Waals surface area contributed by atoms with Gasteiger partial charge in [-0.05, 0) is 68.8 Å². The molecule has 3 aromatic carbocycles. The zero-order valence-electron chi connectivity index (χ0n) is 20.3. The summed E-state index contributed by atoms with van der Waals surface area (Å²) in [6.45, 7) is 8.22. The van der Waals surface area contributed by atoms with Crippen molar-refractivity contribution in [3.63, 3.8) is 0 Å². The summed E-state index contributed by atoms with van der Waals surface area (Å²) < 4.78 is 6.76. The lowest BCUT2D eigenvalue weighted by molar-refractivity contribution is -0.113. The Balaban J connectivity index is 1.68. The molecule has 3 aromatic rings. The minimum Gasteiger partial charge on any atom is -0.488 e. The standard InChI is InChI=1S/C28H26Cl2N2O2S2/c1-4-31(5-2)22-12-10-19(25(16-22)34-17-20-9-11-21(29)15-24(20)30)14-26-27(33)32(28(35)36-26)23-8-6-7-18(3)13-23/h6-16H,4-5,17H2,1-3H3/b26-14-. The van der Waals surface area contributed by atoms with Gasteiger partial charge in [-0.1, -0.05) is 65.4 Å². The Kier molecular flexibility index (Phi) is 8.62. The molecule has 0 unspecified atom stereocenters. The predicted molar refractivity (Wildman–Crippen MR) is 158 cm³/mol. The van der Waals surface area contributed by atoms with E-state index in [1.54, 1.807) is 17.0 Å². The minimum atomic E-state index is -0.143. The first-order chi connectivity index (χ1) is 17.3. The molecule has 0 radical (unpaired) electrons. The van der Waals surface area contributed by atoms with Crippen LogP contribution in [-0.4, -0.2) is 23.3 Å². The van der Waals surface area contributed by atoms with Crippen LogP contribution in [0.1, 0.15) is 30.5 Å². The van der Waals surface area contributed by atoms with Crippen LogP contribution in [0.25, 0.3) is 6.08 Å². The molecule has 1 amide bonds. The van der Waals surface area contributed by atoms with Crippen molar-refractivity contribution in [3.05, 3.63) is 92.3 Å². The van der Waals surface area contributed by atoms with Crippen LogP contribution in [-0.2, 0) is 11.4 Å². The lowest BCUT2D eigenvalue weighted by atomic mass is 10.1. The number of anilines is 2. The molecule has 1 fully saturated rings. The Hall–Kier alpha value is -2.51. The van der Waals surface area contributed by atoms with Gasteiger partial charge in [0.2, 0.25) is 0 Å². The fourth-order valence-electron chi connectivity index (χ4n) is 3.95. The van der Waals surface area contributed by atoms with E-state index in [9.17, 15) is 4.79 Å². The van der Waals surface area contributed by atoms with Crippen LogP contribution in [0.2, 0.25) is 10.0 Å². The molecule has 0 atom stereocenters. The van der Waals surface area contributed by atoms with Gasteiger partial charge in [0.1, 0.15) is 12.4 Å². The number of thiocarbonyl (C=S) groups is 1. The van der Waals surface area contributed by atoms with Crippen molar-refractivity contribution in [2.24, 2.45) is 0 Å². The molecule has 4 nitrogen and oxygen atoms in total. The average molecular weight is 558 g/mol. The lowest BCUT2D eigenvalue weighted by Crippen LogP contribution is -2.27. The number of amides is 1. The number of thioether (sulfide) groups is 1. The highest BCUT2D eigenvalue weighted by atomic mass is 35.5. The van der Waals surface area contributed by atoms with E-state index in [1.165, 1.54) is 11.8 Å². The number of rotatable bonds is 8. The van der Waals surface area contributed by atoms with E-state index in [-0.39, 0.29) is 12.5 Å². The molecule has 36 heavy (non-hydrogen) atoms. The summed E-state index contributed by atoms with van der Waals surface area (Å²) >= 11 is 19.3. The maximum absolute atomic E-state index is 13.3. The number of aryl methyl sites for hydroxylation is 1. The lowest BCUT2D eigenvalue weighted by Gasteiger charge is -2.22. The van der Waals surface area contributed by atoms with Gasteiger partial charge in [0, 0.05) is 46.0 Å². The summed E-state index contributed by atoms with van der Waals surface area (Å²) in [7, 11) is 0. The number of nitrogens with zero attached hydrogens (tertiary/aromatic N) is 2. The van der Waals surface area contributed by atoms with Crippen LogP contribution in [0.4, 0.5) is 11.4 Å². The van der Waals surface area contributed by atoms with E-state index in [2.05, 4.69) is 18.7 Å². The van der Waals surface area contributed by atoms with Crippen LogP contribution < -0.4 is 14.5 Å². The molecule has 1 heterocycles. The maximum atomic E-state index is 13.3. The van der Waals surface area contributed by atoms with Crippen LogP contribution in [0.3, 0.4) is 0 Å². The van der Waals surface area contributed by atoms with E-state index in [4.69, 9.17) is 40.2 Å². The van der Waals surface area contributed by atoms with Crippen LogP contribution >= 0.6 is 47.2 Å². The molecule has 8 heteroatoms. The van der Waals surface area contributed by atoms with E-state index in [0.717, 1.165) is 41.2 Å². The van der Waals surface area contributed by atoms with E-state index in [0.29, 0.717) is 25.0 Å². The molecule has 1 aliphatic rings. The molecule has 0 bridgehead atoms. The predicted octanol–water partition coefficient (Wildman–Crippen LogP) is 8.13. The molecule has 0 saturated carbocycles. The fraction of sp³-hybridized carbons (Fsp3) is 0.214. The number of halogens is 2. The third-order valence-corrected chi connectivity index (χ3v) is 7.75. The third-order valence-electron chi connectivity index (χ3n) is 5.86. The summed E-state index contributed by atoms with van der Waals surface area (Å²) in [6, 6.07) is 19.1. The first-order valence-corrected chi connectivity index (χ1v) is 13.6. The monoisotopic (exact) mass is 556 g/mol. The van der Waals surface area contributed by atoms with Crippen molar-refractivity contribution < 1.29 is 9.53 Å². The average Bonchev–Trinajstić information content (AvgIpc) is 3.13. The van der Waals surface area contributed by atoms with E-state index < -0.39 is 0 Å². The Morgan fingerprint density at radius 3 is 2.53 bits per heavy atom. The molecule has 0 spiro atoms. The van der Waals surface area contributed by atoms with Crippen molar-refractivity contribution in [1.82, 2.24) is 0 Å². The molecule has 1 saturated heterocycles. The normalized spacial score (nSPS) is 14.6. The number of hydrogen-bond acceptors (Lipinski definition) is 5. The number of carbonyl (C=O) groups is 1. The highest BCUT2D eigenvalue weighted by molar-refractivity contribution is 8.27. The van der Waals surface area contributed by atoms with Crippen molar-refractivity contribution in [1.29, 1.82) is 0 Å². The zero-order valence-corrected chi connectivity index (χ0v) is 23.4. The van der Waals surface area contributed by atoms with Crippen molar-refractivity contribution in [3.8, 4) is 5.75 Å². The van der Waals surface area contributed by atoms with Gasteiger partial charge in [-0.25, -0.2) is 0 Å². The van der Waals surface area contributed by atoms with Gasteiger partial charge in [0.15, 0.2) is 4.32 Å². The number of carbonyl (C=O) groups excluding carboxylic acids is 1.